The van der Waals surface area contributed by atoms with Crippen molar-refractivity contribution in [2.24, 2.45) is 0 Å². The Kier molecular flexibility index (Phi) is 4.27. The van der Waals surface area contributed by atoms with E-state index in [4.69, 9.17) is 0 Å². The van der Waals surface area contributed by atoms with Gasteiger partial charge in [-0.15, -0.1) is 0 Å². The van der Waals surface area contributed by atoms with Crippen LogP contribution < -0.4 is 5.32 Å². The molecule has 3 aromatic rings. The molecule has 106 valence electrons. The molecular weight excluding hydrogens is 326 g/mol. The largest absolute Gasteiger partial charge is 0.306 e. The number of benzene rings is 1. The molecule has 1 aromatic carbocycles. The van der Waals surface area contributed by atoms with Crippen LogP contribution in [0.2, 0.25) is 0 Å². The van der Waals surface area contributed by atoms with Crippen LogP contribution >= 0.6 is 15.9 Å². The Labute approximate surface area is 132 Å². The number of nitrogens with zero attached hydrogens (tertiary/aromatic N) is 2. The fourth-order valence-corrected chi connectivity index (χ4v) is 2.80. The first-order valence-electron chi connectivity index (χ1n) is 6.91. The van der Waals surface area contributed by atoms with Gasteiger partial charge in [0, 0.05) is 41.0 Å². The van der Waals surface area contributed by atoms with E-state index in [1.165, 1.54) is 11.1 Å². The molecule has 0 aliphatic rings. The highest BCUT2D eigenvalue weighted by Crippen LogP contribution is 2.25. The van der Waals surface area contributed by atoms with Crippen LogP contribution in [0.15, 0.2) is 59.5 Å². The SMILES string of the molecule is CC(NCc1ccc(Br)c2cccnc12)c1cccnc1. The first-order valence-corrected chi connectivity index (χ1v) is 7.70. The highest BCUT2D eigenvalue weighted by atomic mass is 79.9. The topological polar surface area (TPSA) is 37.8 Å². The Morgan fingerprint density at radius 1 is 1.14 bits per heavy atom. The molecule has 0 bridgehead atoms. The van der Waals surface area contributed by atoms with E-state index in [1.807, 2.05) is 24.5 Å². The minimum absolute atomic E-state index is 0.251. The number of hydrogen-bond donors (Lipinski definition) is 1. The van der Waals surface area contributed by atoms with E-state index < -0.39 is 0 Å². The number of aromatic nitrogens is 2. The van der Waals surface area contributed by atoms with Crippen LogP contribution in [0.5, 0.6) is 0 Å². The second-order valence-corrected chi connectivity index (χ2v) is 5.85. The fraction of sp³-hybridized carbons (Fsp3) is 0.176. The first-order chi connectivity index (χ1) is 10.3. The summed E-state index contributed by atoms with van der Waals surface area (Å²) in [5.41, 5.74) is 3.43. The maximum Gasteiger partial charge on any atom is 0.0758 e. The molecule has 0 saturated heterocycles. The molecule has 2 heterocycles. The highest BCUT2D eigenvalue weighted by molar-refractivity contribution is 9.10. The lowest BCUT2D eigenvalue weighted by atomic mass is 10.1. The molecule has 3 rings (SSSR count). The van der Waals surface area contributed by atoms with Crippen LogP contribution in [0, 0.1) is 0 Å². The van der Waals surface area contributed by atoms with Gasteiger partial charge in [0.25, 0.3) is 0 Å². The van der Waals surface area contributed by atoms with Crippen LogP contribution in [-0.2, 0) is 6.54 Å². The van der Waals surface area contributed by atoms with E-state index in [-0.39, 0.29) is 6.04 Å². The third-order valence-corrected chi connectivity index (χ3v) is 4.27. The molecule has 0 saturated carbocycles. The molecule has 3 nitrogen and oxygen atoms in total. The maximum absolute atomic E-state index is 4.51. The van der Waals surface area contributed by atoms with E-state index in [0.29, 0.717) is 0 Å². The highest BCUT2D eigenvalue weighted by Gasteiger charge is 2.08. The second-order valence-electron chi connectivity index (χ2n) is 5.00. The molecule has 1 atom stereocenters. The van der Waals surface area contributed by atoms with Gasteiger partial charge in [-0.1, -0.05) is 34.1 Å². The summed E-state index contributed by atoms with van der Waals surface area (Å²) in [6.45, 7) is 2.92. The van der Waals surface area contributed by atoms with Crippen molar-refractivity contribution < 1.29 is 0 Å². The molecule has 0 radical (unpaired) electrons. The monoisotopic (exact) mass is 341 g/mol. The van der Waals surface area contributed by atoms with Gasteiger partial charge in [-0.3, -0.25) is 9.97 Å². The van der Waals surface area contributed by atoms with Crippen LogP contribution in [0.25, 0.3) is 10.9 Å². The van der Waals surface area contributed by atoms with Crippen LogP contribution in [0.1, 0.15) is 24.1 Å². The molecule has 0 amide bonds. The van der Waals surface area contributed by atoms with Gasteiger partial charge in [-0.05, 0) is 36.2 Å². The molecule has 1 N–H and O–H groups in total. The summed E-state index contributed by atoms with van der Waals surface area (Å²) in [6.07, 6.45) is 5.53. The summed E-state index contributed by atoms with van der Waals surface area (Å²) < 4.78 is 1.08. The predicted octanol–water partition coefficient (Wildman–Crippen LogP) is 4.24. The van der Waals surface area contributed by atoms with Crippen molar-refractivity contribution in [2.45, 2.75) is 19.5 Å². The Balaban J connectivity index is 1.81. The number of nitrogens with one attached hydrogen (secondary N) is 1. The van der Waals surface area contributed by atoms with Crippen molar-refractivity contribution in [3.05, 3.63) is 70.6 Å². The van der Waals surface area contributed by atoms with Crippen molar-refractivity contribution in [1.29, 1.82) is 0 Å². The van der Waals surface area contributed by atoms with Crippen molar-refractivity contribution in [2.75, 3.05) is 0 Å². The van der Waals surface area contributed by atoms with E-state index in [2.05, 4.69) is 62.4 Å². The van der Waals surface area contributed by atoms with Crippen LogP contribution in [0.3, 0.4) is 0 Å². The normalized spacial score (nSPS) is 12.5. The average molecular weight is 342 g/mol. The summed E-state index contributed by atoms with van der Waals surface area (Å²) in [4.78, 5) is 8.67. The number of hydrogen-bond acceptors (Lipinski definition) is 3. The Morgan fingerprint density at radius 2 is 2.00 bits per heavy atom. The fourth-order valence-electron chi connectivity index (χ4n) is 2.35. The summed E-state index contributed by atoms with van der Waals surface area (Å²) in [7, 11) is 0. The van der Waals surface area contributed by atoms with Gasteiger partial charge in [0.1, 0.15) is 0 Å². The van der Waals surface area contributed by atoms with Crippen molar-refractivity contribution >= 4 is 26.8 Å². The first kappa shape index (κ1) is 14.2. The van der Waals surface area contributed by atoms with Gasteiger partial charge in [-0.2, -0.15) is 0 Å². The lowest BCUT2D eigenvalue weighted by Gasteiger charge is -2.15. The Morgan fingerprint density at radius 3 is 2.81 bits per heavy atom. The van der Waals surface area contributed by atoms with Crippen molar-refractivity contribution in [3.63, 3.8) is 0 Å². The van der Waals surface area contributed by atoms with E-state index in [1.54, 1.807) is 6.20 Å². The lowest BCUT2D eigenvalue weighted by molar-refractivity contribution is 0.574. The Hall–Kier alpha value is -1.78. The smallest absolute Gasteiger partial charge is 0.0758 e. The third-order valence-electron chi connectivity index (χ3n) is 3.58. The van der Waals surface area contributed by atoms with Crippen LogP contribution in [0.4, 0.5) is 0 Å². The number of pyridine rings is 2. The van der Waals surface area contributed by atoms with Gasteiger partial charge >= 0.3 is 0 Å². The van der Waals surface area contributed by atoms with E-state index >= 15 is 0 Å². The van der Waals surface area contributed by atoms with Crippen molar-refractivity contribution in [1.82, 2.24) is 15.3 Å². The van der Waals surface area contributed by atoms with E-state index in [0.717, 1.165) is 21.9 Å². The second kappa shape index (κ2) is 6.33. The quantitative estimate of drug-likeness (QED) is 0.771. The summed E-state index contributed by atoms with van der Waals surface area (Å²) in [6, 6.07) is 12.5. The molecular formula is C17H16BrN3. The summed E-state index contributed by atoms with van der Waals surface area (Å²) in [5, 5.41) is 4.68. The summed E-state index contributed by atoms with van der Waals surface area (Å²) in [5.74, 6) is 0. The van der Waals surface area contributed by atoms with Gasteiger partial charge in [-0.25, -0.2) is 0 Å². The minimum atomic E-state index is 0.251. The number of rotatable bonds is 4. The summed E-state index contributed by atoms with van der Waals surface area (Å²) >= 11 is 3.58. The zero-order valence-electron chi connectivity index (χ0n) is 11.8. The van der Waals surface area contributed by atoms with Gasteiger partial charge in [0.15, 0.2) is 0 Å². The molecule has 21 heavy (non-hydrogen) atoms. The molecule has 0 aliphatic heterocycles. The van der Waals surface area contributed by atoms with Crippen molar-refractivity contribution in [3.8, 4) is 0 Å². The van der Waals surface area contributed by atoms with Gasteiger partial charge < -0.3 is 5.32 Å². The molecule has 0 spiro atoms. The Bertz CT molecular complexity index is 743. The number of halogens is 1. The average Bonchev–Trinajstić information content (AvgIpc) is 2.55. The maximum atomic E-state index is 4.51. The standard InChI is InChI=1S/C17H16BrN3/c1-12(13-4-2-8-19-10-13)21-11-14-6-7-16(18)15-5-3-9-20-17(14)15/h2-10,12,21H,11H2,1H3. The van der Waals surface area contributed by atoms with E-state index in [9.17, 15) is 0 Å². The lowest BCUT2D eigenvalue weighted by Crippen LogP contribution is -2.18. The van der Waals surface area contributed by atoms with Crippen LogP contribution in [-0.4, -0.2) is 9.97 Å². The number of fused-ring (bicyclic) bond motifs is 1. The van der Waals surface area contributed by atoms with Gasteiger partial charge in [0.05, 0.1) is 5.52 Å². The molecule has 0 aliphatic carbocycles. The third kappa shape index (κ3) is 3.12. The molecule has 1 unspecified atom stereocenters. The predicted molar refractivity (Wildman–Crippen MR) is 88.9 cm³/mol. The molecule has 2 aromatic heterocycles. The minimum Gasteiger partial charge on any atom is -0.306 e. The molecule has 0 fully saturated rings. The zero-order valence-corrected chi connectivity index (χ0v) is 13.3. The van der Waals surface area contributed by atoms with Gasteiger partial charge in [0.2, 0.25) is 0 Å². The zero-order chi connectivity index (χ0) is 14.7. The molecule has 4 heteroatoms.